The molecule has 0 aliphatic carbocycles. The van der Waals surface area contributed by atoms with Gasteiger partial charge in [0.15, 0.2) is 11.2 Å². The van der Waals surface area contributed by atoms with Gasteiger partial charge in [-0.25, -0.2) is 0 Å². The number of hydrogen-bond donors (Lipinski definition) is 0. The van der Waals surface area contributed by atoms with Gasteiger partial charge in [0.25, 0.3) is 0 Å². The number of nitrogens with zero attached hydrogens (tertiary/aromatic N) is 2. The number of ketones is 1. The third-order valence-corrected chi connectivity index (χ3v) is 3.55. The topological polar surface area (TPSA) is 53.3 Å². The van der Waals surface area contributed by atoms with E-state index in [1.54, 1.807) is 18.2 Å². The number of ether oxygens (including phenoxy) is 1. The Kier molecular flexibility index (Phi) is 2.01. The summed E-state index contributed by atoms with van der Waals surface area (Å²) in [5, 5.41) is 9.39. The Labute approximate surface area is 99.4 Å². The lowest BCUT2D eigenvalue weighted by Crippen LogP contribution is -2.47. The van der Waals surface area contributed by atoms with E-state index in [1.807, 2.05) is 18.0 Å². The van der Waals surface area contributed by atoms with Gasteiger partial charge < -0.3 is 9.64 Å². The van der Waals surface area contributed by atoms with Crippen LogP contribution >= 0.6 is 0 Å². The van der Waals surface area contributed by atoms with Crippen LogP contribution in [-0.4, -0.2) is 36.9 Å². The lowest BCUT2D eigenvalue weighted by molar-refractivity contribution is 0.0626. The second kappa shape index (κ2) is 3.31. The van der Waals surface area contributed by atoms with Crippen molar-refractivity contribution in [1.82, 2.24) is 4.90 Å². The van der Waals surface area contributed by atoms with Gasteiger partial charge in [-0.2, -0.15) is 5.26 Å². The van der Waals surface area contributed by atoms with Crippen LogP contribution < -0.4 is 4.74 Å². The van der Waals surface area contributed by atoms with Gasteiger partial charge in [-0.15, -0.1) is 0 Å². The number of carbonyl (C=O) groups excluding carboxylic acids is 1. The number of benzene rings is 1. The van der Waals surface area contributed by atoms with Crippen LogP contribution in [0.5, 0.6) is 5.75 Å². The fraction of sp³-hybridized carbons (Fsp3) is 0.385. The van der Waals surface area contributed by atoms with Crippen LogP contribution in [0.25, 0.3) is 0 Å². The first kappa shape index (κ1) is 10.3. The highest BCUT2D eigenvalue weighted by molar-refractivity contribution is 6.06. The summed E-state index contributed by atoms with van der Waals surface area (Å²) in [7, 11) is 1.90. The van der Waals surface area contributed by atoms with E-state index in [4.69, 9.17) is 4.74 Å². The van der Waals surface area contributed by atoms with Gasteiger partial charge in [-0.3, -0.25) is 4.79 Å². The second-order valence-electron chi connectivity index (χ2n) is 4.71. The van der Waals surface area contributed by atoms with E-state index < -0.39 is 5.41 Å². The van der Waals surface area contributed by atoms with Crippen molar-refractivity contribution in [3.63, 3.8) is 0 Å². The van der Waals surface area contributed by atoms with Crippen LogP contribution in [0, 0.1) is 16.7 Å². The minimum Gasteiger partial charge on any atom is -0.486 e. The summed E-state index contributed by atoms with van der Waals surface area (Å²) < 4.78 is 5.81. The van der Waals surface area contributed by atoms with Crippen LogP contribution in [-0.2, 0) is 0 Å². The molecule has 1 aromatic rings. The zero-order valence-electron chi connectivity index (χ0n) is 9.51. The lowest BCUT2D eigenvalue weighted by atomic mass is 9.77. The van der Waals surface area contributed by atoms with E-state index in [1.165, 1.54) is 0 Å². The minimum atomic E-state index is -1.02. The molecule has 4 nitrogen and oxygen atoms in total. The molecule has 2 heterocycles. The summed E-state index contributed by atoms with van der Waals surface area (Å²) in [6.45, 7) is 1.06. The SMILES string of the molecule is CN1C[C@H]2Oc3ccccc3C(=O)[C@@]2(C#N)C1. The van der Waals surface area contributed by atoms with E-state index >= 15 is 0 Å². The molecular weight excluding hydrogens is 216 g/mol. The van der Waals surface area contributed by atoms with Gasteiger partial charge in [-0.05, 0) is 19.2 Å². The molecule has 0 radical (unpaired) electrons. The molecule has 0 spiro atoms. The number of para-hydroxylation sites is 1. The van der Waals surface area contributed by atoms with Crippen LogP contribution in [0.15, 0.2) is 24.3 Å². The predicted octanol–water partition coefficient (Wildman–Crippen LogP) is 1.09. The fourth-order valence-corrected chi connectivity index (χ4v) is 2.70. The van der Waals surface area contributed by atoms with Crippen molar-refractivity contribution in [2.24, 2.45) is 5.41 Å². The molecule has 1 aromatic carbocycles. The summed E-state index contributed by atoms with van der Waals surface area (Å²) >= 11 is 0. The Balaban J connectivity index is 2.15. The Morgan fingerprint density at radius 3 is 3.06 bits per heavy atom. The Morgan fingerprint density at radius 2 is 2.29 bits per heavy atom. The van der Waals surface area contributed by atoms with Crippen LogP contribution in [0.2, 0.25) is 0 Å². The van der Waals surface area contributed by atoms with Crippen molar-refractivity contribution < 1.29 is 9.53 Å². The molecule has 86 valence electrons. The summed E-state index contributed by atoms with van der Waals surface area (Å²) in [5.41, 5.74) is -0.496. The first-order valence-corrected chi connectivity index (χ1v) is 5.58. The zero-order chi connectivity index (χ0) is 12.0. The molecule has 0 unspecified atom stereocenters. The molecule has 2 atom stereocenters. The number of nitriles is 1. The van der Waals surface area contributed by atoms with Crippen LogP contribution in [0.3, 0.4) is 0 Å². The largest absolute Gasteiger partial charge is 0.486 e. The van der Waals surface area contributed by atoms with Gasteiger partial charge in [0.05, 0.1) is 11.6 Å². The van der Waals surface area contributed by atoms with Crippen molar-refractivity contribution in [1.29, 1.82) is 5.26 Å². The molecule has 2 aliphatic heterocycles. The molecule has 0 N–H and O–H groups in total. The molecule has 0 aromatic heterocycles. The number of rotatable bonds is 0. The van der Waals surface area contributed by atoms with Gasteiger partial charge in [0.1, 0.15) is 11.9 Å². The monoisotopic (exact) mass is 228 g/mol. The molecule has 0 bridgehead atoms. The fourth-order valence-electron chi connectivity index (χ4n) is 2.70. The lowest BCUT2D eigenvalue weighted by Gasteiger charge is -2.32. The van der Waals surface area contributed by atoms with Gasteiger partial charge in [0, 0.05) is 13.1 Å². The summed E-state index contributed by atoms with van der Waals surface area (Å²) in [4.78, 5) is 14.4. The zero-order valence-corrected chi connectivity index (χ0v) is 9.51. The molecule has 1 fully saturated rings. The van der Waals surface area contributed by atoms with Crippen molar-refractivity contribution in [3.8, 4) is 11.8 Å². The first-order valence-electron chi connectivity index (χ1n) is 5.58. The molecule has 17 heavy (non-hydrogen) atoms. The number of fused-ring (bicyclic) bond motifs is 2. The number of hydrogen-bond acceptors (Lipinski definition) is 4. The van der Waals surface area contributed by atoms with Crippen LogP contribution in [0.1, 0.15) is 10.4 Å². The van der Waals surface area contributed by atoms with E-state index in [-0.39, 0.29) is 11.9 Å². The number of likely N-dealkylation sites (N-methyl/N-ethyl adjacent to an activating group) is 1. The van der Waals surface area contributed by atoms with E-state index in [0.29, 0.717) is 24.4 Å². The normalized spacial score (nSPS) is 31.3. The van der Waals surface area contributed by atoms with Gasteiger partial charge in [0.2, 0.25) is 0 Å². The molecule has 3 rings (SSSR count). The van der Waals surface area contributed by atoms with Crippen molar-refractivity contribution in [2.75, 3.05) is 20.1 Å². The van der Waals surface area contributed by atoms with E-state index in [2.05, 4.69) is 6.07 Å². The summed E-state index contributed by atoms with van der Waals surface area (Å²) in [6, 6.07) is 9.33. The van der Waals surface area contributed by atoms with Crippen LogP contribution in [0.4, 0.5) is 0 Å². The molecule has 1 saturated heterocycles. The molecular formula is C13H12N2O2. The highest BCUT2D eigenvalue weighted by Gasteiger charge is 2.56. The smallest absolute Gasteiger partial charge is 0.191 e. The third kappa shape index (κ3) is 1.23. The highest BCUT2D eigenvalue weighted by Crippen LogP contribution is 2.42. The molecule has 4 heteroatoms. The Bertz CT molecular complexity index is 534. The van der Waals surface area contributed by atoms with Crippen molar-refractivity contribution >= 4 is 5.78 Å². The first-order chi connectivity index (χ1) is 8.17. The second-order valence-corrected chi connectivity index (χ2v) is 4.71. The molecule has 0 saturated carbocycles. The van der Waals surface area contributed by atoms with E-state index in [9.17, 15) is 10.1 Å². The Morgan fingerprint density at radius 1 is 1.53 bits per heavy atom. The maximum Gasteiger partial charge on any atom is 0.191 e. The average Bonchev–Trinajstić information content (AvgIpc) is 2.67. The number of Topliss-reactive ketones (excluding diaryl/α,β-unsaturated/α-hetero) is 1. The predicted molar refractivity (Wildman–Crippen MR) is 60.7 cm³/mol. The summed E-state index contributed by atoms with van der Waals surface area (Å²) in [6.07, 6.45) is -0.347. The maximum absolute atomic E-state index is 12.5. The number of carbonyl (C=O) groups is 1. The summed E-state index contributed by atoms with van der Waals surface area (Å²) in [5.74, 6) is 0.500. The molecule has 0 amide bonds. The van der Waals surface area contributed by atoms with E-state index in [0.717, 1.165) is 0 Å². The van der Waals surface area contributed by atoms with Gasteiger partial charge in [-0.1, -0.05) is 12.1 Å². The highest BCUT2D eigenvalue weighted by atomic mass is 16.5. The standard InChI is InChI=1S/C13H12N2O2/c1-15-6-11-13(7-14,8-15)12(16)9-4-2-3-5-10(9)17-11/h2-5,11H,6,8H2,1H3/t11-,13+/m1/s1. The molecule has 2 aliphatic rings. The van der Waals surface area contributed by atoms with Crippen molar-refractivity contribution in [2.45, 2.75) is 6.10 Å². The minimum absolute atomic E-state index is 0.101. The number of likely N-dealkylation sites (tertiary alicyclic amines) is 1. The third-order valence-electron chi connectivity index (χ3n) is 3.55. The quantitative estimate of drug-likeness (QED) is 0.667. The average molecular weight is 228 g/mol. The van der Waals surface area contributed by atoms with Crippen molar-refractivity contribution in [3.05, 3.63) is 29.8 Å². The van der Waals surface area contributed by atoms with Gasteiger partial charge >= 0.3 is 0 Å². The maximum atomic E-state index is 12.5. The Hall–Kier alpha value is -1.86.